The van der Waals surface area contributed by atoms with Crippen molar-refractivity contribution in [1.82, 2.24) is 9.88 Å². The van der Waals surface area contributed by atoms with E-state index in [0.29, 0.717) is 0 Å². The summed E-state index contributed by atoms with van der Waals surface area (Å²) in [5, 5.41) is 0.785. The lowest BCUT2D eigenvalue weighted by Crippen LogP contribution is -2.06. The molecule has 16 heavy (non-hydrogen) atoms. The highest BCUT2D eigenvalue weighted by Gasteiger charge is 2.01. The number of rotatable bonds is 3. The summed E-state index contributed by atoms with van der Waals surface area (Å²) in [4.78, 5) is 11.6. The molecule has 82 valence electrons. The van der Waals surface area contributed by atoms with Crippen molar-refractivity contribution >= 4 is 22.8 Å². The number of aliphatic imine (C=N–C) groups is 1. The summed E-state index contributed by atoms with van der Waals surface area (Å²) in [5.74, 6) is 0. The molecule has 0 aliphatic rings. The Balaban J connectivity index is 2.20. The van der Waals surface area contributed by atoms with E-state index in [4.69, 9.17) is 0 Å². The lowest BCUT2D eigenvalue weighted by molar-refractivity contribution is 0.643. The number of nitrogens with zero attached hydrogens (tertiary/aromatic N) is 3. The van der Waals surface area contributed by atoms with Crippen LogP contribution in [0.5, 0.6) is 0 Å². The first kappa shape index (κ1) is 10.8. The minimum Gasteiger partial charge on any atom is -0.369 e. The molecule has 1 aromatic carbocycles. The normalized spacial score (nSPS) is 10.9. The second kappa shape index (κ2) is 4.90. The summed E-state index contributed by atoms with van der Waals surface area (Å²) in [5.41, 5.74) is 1.19. The monoisotopic (exact) mass is 231 g/mol. The molecule has 0 saturated carbocycles. The maximum Gasteiger partial charge on any atom is 0.211 e. The molecule has 0 N–H and O–H groups in total. The second-order valence-corrected chi connectivity index (χ2v) is 4.59. The zero-order chi connectivity index (χ0) is 11.4. The van der Waals surface area contributed by atoms with E-state index in [2.05, 4.69) is 22.1 Å². The van der Waals surface area contributed by atoms with Crippen LogP contribution >= 0.6 is 11.3 Å². The van der Waals surface area contributed by atoms with Gasteiger partial charge in [-0.1, -0.05) is 41.7 Å². The van der Waals surface area contributed by atoms with Crippen LogP contribution in [0.2, 0.25) is 0 Å². The predicted molar refractivity (Wildman–Crippen MR) is 69.4 cm³/mol. The first-order chi connectivity index (χ1) is 7.75. The van der Waals surface area contributed by atoms with Gasteiger partial charge in [-0.05, 0) is 5.56 Å². The van der Waals surface area contributed by atoms with Gasteiger partial charge in [-0.2, -0.15) is 0 Å². The maximum absolute atomic E-state index is 4.26. The molecule has 2 aromatic rings. The van der Waals surface area contributed by atoms with Gasteiger partial charge in [0.25, 0.3) is 0 Å². The SMILES string of the molecule is CN(C)/C=N/c1ncc(-c2ccccc2)s1. The Morgan fingerprint density at radius 3 is 2.69 bits per heavy atom. The highest BCUT2D eigenvalue weighted by Crippen LogP contribution is 2.29. The molecule has 2 rings (SSSR count). The summed E-state index contributed by atoms with van der Waals surface area (Å²) in [6.07, 6.45) is 3.62. The number of hydrogen-bond donors (Lipinski definition) is 0. The molecule has 3 nitrogen and oxygen atoms in total. The Labute approximate surface area is 99.1 Å². The first-order valence-corrected chi connectivity index (χ1v) is 5.79. The average molecular weight is 231 g/mol. The van der Waals surface area contributed by atoms with Gasteiger partial charge in [-0.15, -0.1) is 0 Å². The Bertz CT molecular complexity index is 474. The standard InChI is InChI=1S/C12H13N3S/c1-15(2)9-14-12-13-8-11(16-12)10-6-4-3-5-7-10/h3-9H,1-2H3/b14-9+. The van der Waals surface area contributed by atoms with Gasteiger partial charge in [0, 0.05) is 20.3 Å². The van der Waals surface area contributed by atoms with E-state index in [-0.39, 0.29) is 0 Å². The molecule has 0 saturated heterocycles. The van der Waals surface area contributed by atoms with E-state index in [1.54, 1.807) is 17.7 Å². The zero-order valence-corrected chi connectivity index (χ0v) is 10.1. The van der Waals surface area contributed by atoms with Crippen LogP contribution in [0.15, 0.2) is 41.5 Å². The van der Waals surface area contributed by atoms with E-state index in [1.165, 1.54) is 5.56 Å². The van der Waals surface area contributed by atoms with Gasteiger partial charge in [0.1, 0.15) is 0 Å². The van der Waals surface area contributed by atoms with Crippen molar-refractivity contribution in [2.24, 2.45) is 4.99 Å². The van der Waals surface area contributed by atoms with E-state index < -0.39 is 0 Å². The van der Waals surface area contributed by atoms with Gasteiger partial charge < -0.3 is 4.90 Å². The van der Waals surface area contributed by atoms with E-state index in [1.807, 2.05) is 43.4 Å². The molecule has 0 fully saturated rings. The third-order valence-corrected chi connectivity index (χ3v) is 2.91. The fourth-order valence-electron chi connectivity index (χ4n) is 1.23. The summed E-state index contributed by atoms with van der Waals surface area (Å²) < 4.78 is 0. The number of aromatic nitrogens is 1. The van der Waals surface area contributed by atoms with Gasteiger partial charge in [0.2, 0.25) is 5.13 Å². The summed E-state index contributed by atoms with van der Waals surface area (Å²) in [7, 11) is 3.88. The summed E-state index contributed by atoms with van der Waals surface area (Å²) >= 11 is 1.59. The summed E-state index contributed by atoms with van der Waals surface area (Å²) in [6, 6.07) is 10.2. The maximum atomic E-state index is 4.26. The quantitative estimate of drug-likeness (QED) is 0.600. The van der Waals surface area contributed by atoms with Gasteiger partial charge >= 0.3 is 0 Å². The molecule has 0 aliphatic heterocycles. The molecule has 0 amide bonds. The van der Waals surface area contributed by atoms with Crippen LogP contribution in [0.1, 0.15) is 0 Å². The largest absolute Gasteiger partial charge is 0.369 e. The Hall–Kier alpha value is -1.68. The fourth-order valence-corrected chi connectivity index (χ4v) is 1.99. The van der Waals surface area contributed by atoms with Crippen LogP contribution in [0, 0.1) is 0 Å². The van der Waals surface area contributed by atoms with Crippen LogP contribution in [-0.2, 0) is 0 Å². The van der Waals surface area contributed by atoms with Crippen LogP contribution in [0.3, 0.4) is 0 Å². The molecule has 1 heterocycles. The molecule has 0 spiro atoms. The van der Waals surface area contributed by atoms with Gasteiger partial charge in [0.15, 0.2) is 0 Å². The Morgan fingerprint density at radius 2 is 2.00 bits per heavy atom. The van der Waals surface area contributed by atoms with Crippen molar-refractivity contribution in [2.45, 2.75) is 0 Å². The Morgan fingerprint density at radius 1 is 1.25 bits per heavy atom. The molecule has 0 aliphatic carbocycles. The van der Waals surface area contributed by atoms with Gasteiger partial charge in [0.05, 0.1) is 11.2 Å². The van der Waals surface area contributed by atoms with Gasteiger partial charge in [-0.3, -0.25) is 0 Å². The van der Waals surface area contributed by atoms with Crippen molar-refractivity contribution in [2.75, 3.05) is 14.1 Å². The highest BCUT2D eigenvalue weighted by atomic mass is 32.1. The van der Waals surface area contributed by atoms with Crippen molar-refractivity contribution in [3.8, 4) is 10.4 Å². The molecule has 0 atom stereocenters. The van der Waals surface area contributed by atoms with Crippen molar-refractivity contribution < 1.29 is 0 Å². The third kappa shape index (κ3) is 2.67. The molecule has 0 unspecified atom stereocenters. The van der Waals surface area contributed by atoms with Crippen molar-refractivity contribution in [1.29, 1.82) is 0 Å². The first-order valence-electron chi connectivity index (χ1n) is 4.97. The molecule has 0 radical (unpaired) electrons. The average Bonchev–Trinajstić information content (AvgIpc) is 2.76. The van der Waals surface area contributed by atoms with Crippen molar-refractivity contribution in [3.05, 3.63) is 36.5 Å². The molecular weight excluding hydrogens is 218 g/mol. The number of thiazole rings is 1. The molecule has 4 heteroatoms. The lowest BCUT2D eigenvalue weighted by Gasteiger charge is -1.99. The fraction of sp³-hybridized carbons (Fsp3) is 0.167. The second-order valence-electron chi connectivity index (χ2n) is 3.58. The van der Waals surface area contributed by atoms with E-state index >= 15 is 0 Å². The van der Waals surface area contributed by atoms with E-state index in [0.717, 1.165) is 10.0 Å². The molecule has 1 aromatic heterocycles. The number of benzene rings is 1. The third-order valence-electron chi connectivity index (χ3n) is 1.95. The lowest BCUT2D eigenvalue weighted by atomic mass is 10.2. The van der Waals surface area contributed by atoms with Crippen LogP contribution in [0.4, 0.5) is 5.13 Å². The zero-order valence-electron chi connectivity index (χ0n) is 9.29. The minimum atomic E-state index is 0.785. The van der Waals surface area contributed by atoms with Gasteiger partial charge in [-0.25, -0.2) is 9.98 Å². The topological polar surface area (TPSA) is 28.5 Å². The predicted octanol–water partition coefficient (Wildman–Crippen LogP) is 3.03. The van der Waals surface area contributed by atoms with Crippen LogP contribution in [0.25, 0.3) is 10.4 Å². The van der Waals surface area contributed by atoms with Crippen LogP contribution < -0.4 is 0 Å². The smallest absolute Gasteiger partial charge is 0.211 e. The summed E-state index contributed by atoms with van der Waals surface area (Å²) in [6.45, 7) is 0. The van der Waals surface area contributed by atoms with E-state index in [9.17, 15) is 0 Å². The minimum absolute atomic E-state index is 0.785. The molecular formula is C12H13N3S. The number of hydrogen-bond acceptors (Lipinski definition) is 3. The highest BCUT2D eigenvalue weighted by molar-refractivity contribution is 7.18. The van der Waals surface area contributed by atoms with Crippen molar-refractivity contribution in [3.63, 3.8) is 0 Å². The molecule has 0 bridgehead atoms. The van der Waals surface area contributed by atoms with Crippen LogP contribution in [-0.4, -0.2) is 30.3 Å². The Kier molecular flexibility index (Phi) is 3.31.